The van der Waals surface area contributed by atoms with E-state index in [2.05, 4.69) is 4.98 Å². The number of nitrogens with two attached hydrogens (primary N) is 1. The normalized spacial score (nSPS) is 11.8. The van der Waals surface area contributed by atoms with Crippen molar-refractivity contribution < 1.29 is 8.42 Å². The van der Waals surface area contributed by atoms with E-state index >= 15 is 0 Å². The van der Waals surface area contributed by atoms with Gasteiger partial charge in [0.25, 0.3) is 0 Å². The van der Waals surface area contributed by atoms with Crippen LogP contribution in [0.1, 0.15) is 11.1 Å². The Morgan fingerprint density at radius 1 is 1.25 bits per heavy atom. The smallest absolute Gasteiger partial charge is 0.243 e. The van der Waals surface area contributed by atoms with Crippen molar-refractivity contribution in [1.82, 2.24) is 9.29 Å². The Morgan fingerprint density at radius 2 is 1.95 bits per heavy atom. The van der Waals surface area contributed by atoms with Gasteiger partial charge in [-0.15, -0.1) is 0 Å². The number of nitrogens with zero attached hydrogens (tertiary/aromatic N) is 2. The van der Waals surface area contributed by atoms with Crippen LogP contribution in [0.2, 0.25) is 0 Å². The van der Waals surface area contributed by atoms with Crippen LogP contribution in [0.15, 0.2) is 47.5 Å². The first-order chi connectivity index (χ1) is 9.41. The molecule has 6 heteroatoms. The van der Waals surface area contributed by atoms with Crippen LogP contribution in [0.3, 0.4) is 0 Å². The molecule has 1 heterocycles. The minimum Gasteiger partial charge on any atom is -0.384 e. The molecule has 0 saturated heterocycles. The van der Waals surface area contributed by atoms with E-state index in [-0.39, 0.29) is 10.7 Å². The third kappa shape index (κ3) is 2.97. The zero-order valence-corrected chi connectivity index (χ0v) is 12.3. The molecule has 106 valence electrons. The van der Waals surface area contributed by atoms with Gasteiger partial charge in [0.05, 0.1) is 4.90 Å². The average Bonchev–Trinajstić information content (AvgIpc) is 2.41. The number of rotatable bonds is 4. The predicted octanol–water partition coefficient (Wildman–Crippen LogP) is 1.79. The van der Waals surface area contributed by atoms with E-state index in [0.717, 1.165) is 11.1 Å². The van der Waals surface area contributed by atoms with E-state index in [0.29, 0.717) is 6.54 Å². The summed E-state index contributed by atoms with van der Waals surface area (Å²) in [6.45, 7) is 2.28. The highest BCUT2D eigenvalue weighted by Crippen LogP contribution is 2.18. The second kappa shape index (κ2) is 5.60. The van der Waals surface area contributed by atoms with Gasteiger partial charge in [0.15, 0.2) is 0 Å². The Morgan fingerprint density at radius 3 is 2.60 bits per heavy atom. The lowest BCUT2D eigenvalue weighted by atomic mass is 10.1. The molecule has 0 radical (unpaired) electrons. The molecule has 0 fully saturated rings. The first kappa shape index (κ1) is 14.5. The van der Waals surface area contributed by atoms with Crippen LogP contribution >= 0.6 is 0 Å². The molecule has 0 bridgehead atoms. The number of aromatic nitrogens is 1. The number of nitrogen functional groups attached to an aromatic ring is 1. The lowest BCUT2D eigenvalue weighted by Crippen LogP contribution is -2.27. The summed E-state index contributed by atoms with van der Waals surface area (Å²) in [6, 6.07) is 10.5. The number of hydrogen-bond donors (Lipinski definition) is 1. The molecule has 2 N–H and O–H groups in total. The lowest BCUT2D eigenvalue weighted by molar-refractivity contribution is 0.466. The van der Waals surface area contributed by atoms with Gasteiger partial charge in [0.1, 0.15) is 5.82 Å². The highest BCUT2D eigenvalue weighted by molar-refractivity contribution is 7.89. The van der Waals surface area contributed by atoms with Crippen LogP contribution in [0, 0.1) is 6.92 Å². The first-order valence-electron chi connectivity index (χ1n) is 6.13. The van der Waals surface area contributed by atoms with Gasteiger partial charge in [0, 0.05) is 25.9 Å². The molecule has 2 rings (SSSR count). The maximum Gasteiger partial charge on any atom is 0.243 e. The fourth-order valence-electron chi connectivity index (χ4n) is 1.88. The van der Waals surface area contributed by atoms with Gasteiger partial charge in [-0.2, -0.15) is 4.31 Å². The number of anilines is 1. The van der Waals surface area contributed by atoms with Crippen LogP contribution < -0.4 is 5.73 Å². The molecule has 0 aliphatic rings. The first-order valence-corrected chi connectivity index (χ1v) is 7.57. The summed E-state index contributed by atoms with van der Waals surface area (Å²) >= 11 is 0. The van der Waals surface area contributed by atoms with Gasteiger partial charge in [-0.3, -0.25) is 0 Å². The van der Waals surface area contributed by atoms with Crippen LogP contribution in [0.25, 0.3) is 0 Å². The summed E-state index contributed by atoms with van der Waals surface area (Å²) in [7, 11) is -2.01. The van der Waals surface area contributed by atoms with E-state index in [9.17, 15) is 8.42 Å². The molecule has 0 atom stereocenters. The van der Waals surface area contributed by atoms with Crippen molar-refractivity contribution in [2.45, 2.75) is 18.4 Å². The Kier molecular flexibility index (Phi) is 4.06. The van der Waals surface area contributed by atoms with E-state index < -0.39 is 10.0 Å². The predicted molar refractivity (Wildman–Crippen MR) is 78.5 cm³/mol. The summed E-state index contributed by atoms with van der Waals surface area (Å²) in [5, 5.41) is 0. The second-order valence-electron chi connectivity index (χ2n) is 4.60. The van der Waals surface area contributed by atoms with Crippen LogP contribution in [0.5, 0.6) is 0 Å². The van der Waals surface area contributed by atoms with Gasteiger partial charge in [-0.05, 0) is 24.1 Å². The number of hydrogen-bond acceptors (Lipinski definition) is 4. The van der Waals surface area contributed by atoms with Crippen LogP contribution in [-0.2, 0) is 16.6 Å². The van der Waals surface area contributed by atoms with Crippen molar-refractivity contribution in [2.24, 2.45) is 0 Å². The zero-order valence-electron chi connectivity index (χ0n) is 11.4. The molecule has 2 aromatic rings. The lowest BCUT2D eigenvalue weighted by Gasteiger charge is -2.18. The summed E-state index contributed by atoms with van der Waals surface area (Å²) in [5.41, 5.74) is 7.57. The maximum absolute atomic E-state index is 12.4. The molecule has 0 aliphatic heterocycles. The standard InChI is InChI=1S/C14H17N3O2S/c1-11-5-3-4-6-12(11)10-17(2)20(18,19)13-7-8-16-14(15)9-13/h3-9H,10H2,1-2H3,(H2,15,16). The monoisotopic (exact) mass is 291 g/mol. The molecule has 0 aliphatic carbocycles. The molecular weight excluding hydrogens is 274 g/mol. The minimum absolute atomic E-state index is 0.154. The number of sulfonamides is 1. The molecule has 0 unspecified atom stereocenters. The fraction of sp³-hybridized carbons (Fsp3) is 0.214. The molecule has 5 nitrogen and oxygen atoms in total. The van der Waals surface area contributed by atoms with Crippen molar-refractivity contribution in [3.8, 4) is 0 Å². The minimum atomic E-state index is -3.56. The third-order valence-electron chi connectivity index (χ3n) is 3.11. The highest BCUT2D eigenvalue weighted by atomic mass is 32.2. The molecule has 0 amide bonds. The van der Waals surface area contributed by atoms with Gasteiger partial charge < -0.3 is 5.73 Å². The Hall–Kier alpha value is -1.92. The maximum atomic E-state index is 12.4. The molecule has 1 aromatic carbocycles. The van der Waals surface area contributed by atoms with Crippen LogP contribution in [0.4, 0.5) is 5.82 Å². The molecule has 0 spiro atoms. The zero-order chi connectivity index (χ0) is 14.8. The molecular formula is C14H17N3O2S. The van der Waals surface area contributed by atoms with Crippen molar-refractivity contribution in [2.75, 3.05) is 12.8 Å². The Labute approximate surface area is 119 Å². The summed E-state index contributed by atoms with van der Waals surface area (Å²) in [4.78, 5) is 3.96. The quantitative estimate of drug-likeness (QED) is 0.931. The summed E-state index contributed by atoms with van der Waals surface area (Å²) in [6.07, 6.45) is 1.39. The SMILES string of the molecule is Cc1ccccc1CN(C)S(=O)(=O)c1ccnc(N)c1. The van der Waals surface area contributed by atoms with Crippen molar-refractivity contribution in [3.05, 3.63) is 53.7 Å². The van der Waals surface area contributed by atoms with Crippen molar-refractivity contribution in [1.29, 1.82) is 0 Å². The summed E-state index contributed by atoms with van der Waals surface area (Å²) in [5.74, 6) is 0.190. The van der Waals surface area contributed by atoms with Crippen molar-refractivity contribution >= 4 is 15.8 Å². The summed E-state index contributed by atoms with van der Waals surface area (Å²) < 4.78 is 26.2. The largest absolute Gasteiger partial charge is 0.384 e. The topological polar surface area (TPSA) is 76.3 Å². The van der Waals surface area contributed by atoms with Crippen molar-refractivity contribution in [3.63, 3.8) is 0 Å². The molecule has 1 aromatic heterocycles. The highest BCUT2D eigenvalue weighted by Gasteiger charge is 2.21. The van der Waals surface area contributed by atoms with E-state index in [1.165, 1.54) is 22.6 Å². The number of aryl methyl sites for hydroxylation is 1. The van der Waals surface area contributed by atoms with Gasteiger partial charge in [-0.1, -0.05) is 24.3 Å². The number of benzene rings is 1. The third-order valence-corrected chi connectivity index (χ3v) is 4.91. The Bertz CT molecular complexity index is 714. The molecule has 20 heavy (non-hydrogen) atoms. The van der Waals surface area contributed by atoms with Gasteiger partial charge >= 0.3 is 0 Å². The van der Waals surface area contributed by atoms with Crippen LogP contribution in [-0.4, -0.2) is 24.8 Å². The second-order valence-corrected chi connectivity index (χ2v) is 6.65. The van der Waals surface area contributed by atoms with Gasteiger partial charge in [-0.25, -0.2) is 13.4 Å². The number of pyridine rings is 1. The average molecular weight is 291 g/mol. The van der Waals surface area contributed by atoms with E-state index in [4.69, 9.17) is 5.73 Å². The van der Waals surface area contributed by atoms with E-state index in [1.807, 2.05) is 31.2 Å². The van der Waals surface area contributed by atoms with Gasteiger partial charge in [0.2, 0.25) is 10.0 Å². The molecule has 0 saturated carbocycles. The Balaban J connectivity index is 2.29. The van der Waals surface area contributed by atoms with E-state index in [1.54, 1.807) is 7.05 Å². The fourth-order valence-corrected chi connectivity index (χ4v) is 3.05.